The molecule has 5 nitrogen and oxygen atoms in total. The zero-order valence-electron chi connectivity index (χ0n) is 16.7. The number of hydrogen-bond acceptors (Lipinski definition) is 5. The summed E-state index contributed by atoms with van der Waals surface area (Å²) in [5.74, 6) is 1.05. The standard InChI is InChI=1S/C22H29N3O2.ClH/c1-18(26)19-8-3-4-9-20(19)23-12-7-13-24-14-16-25(17-15-24)21-10-5-6-11-22(21)27-2;/h3-6,8-11,23H,7,12-17H2,1-2H3;1H. The summed E-state index contributed by atoms with van der Waals surface area (Å²) in [6, 6.07) is 15.9. The minimum absolute atomic E-state index is 0. The van der Waals surface area contributed by atoms with Crippen molar-refractivity contribution in [1.29, 1.82) is 0 Å². The van der Waals surface area contributed by atoms with E-state index in [-0.39, 0.29) is 18.2 Å². The molecular formula is C22H30ClN3O2. The number of piperazine rings is 1. The molecule has 1 heterocycles. The van der Waals surface area contributed by atoms with Crippen molar-refractivity contribution in [2.24, 2.45) is 0 Å². The average molecular weight is 404 g/mol. The molecular weight excluding hydrogens is 374 g/mol. The lowest BCUT2D eigenvalue weighted by Gasteiger charge is -2.36. The molecule has 0 aliphatic carbocycles. The number of para-hydroxylation sites is 3. The lowest BCUT2D eigenvalue weighted by Crippen LogP contribution is -2.46. The van der Waals surface area contributed by atoms with E-state index in [1.165, 1.54) is 5.69 Å². The maximum absolute atomic E-state index is 11.7. The van der Waals surface area contributed by atoms with Crippen molar-refractivity contribution in [3.63, 3.8) is 0 Å². The number of benzene rings is 2. The van der Waals surface area contributed by atoms with Gasteiger partial charge in [-0.05, 0) is 44.2 Å². The highest BCUT2D eigenvalue weighted by Crippen LogP contribution is 2.28. The van der Waals surface area contributed by atoms with Gasteiger partial charge in [-0.3, -0.25) is 9.69 Å². The highest BCUT2D eigenvalue weighted by atomic mass is 35.5. The van der Waals surface area contributed by atoms with Crippen molar-refractivity contribution >= 4 is 29.6 Å². The molecule has 0 bridgehead atoms. The second-order valence-corrected chi connectivity index (χ2v) is 6.88. The van der Waals surface area contributed by atoms with Crippen LogP contribution >= 0.6 is 12.4 Å². The highest BCUT2D eigenvalue weighted by molar-refractivity contribution is 5.99. The summed E-state index contributed by atoms with van der Waals surface area (Å²) in [5, 5.41) is 3.41. The molecule has 2 aromatic carbocycles. The van der Waals surface area contributed by atoms with Crippen LogP contribution in [0, 0.1) is 0 Å². The molecule has 2 aromatic rings. The third kappa shape index (κ3) is 5.63. The van der Waals surface area contributed by atoms with Gasteiger partial charge in [-0.25, -0.2) is 0 Å². The molecule has 1 saturated heterocycles. The van der Waals surface area contributed by atoms with Gasteiger partial charge in [-0.1, -0.05) is 24.3 Å². The van der Waals surface area contributed by atoms with Gasteiger partial charge < -0.3 is 15.0 Å². The summed E-state index contributed by atoms with van der Waals surface area (Å²) in [6.07, 6.45) is 1.06. The van der Waals surface area contributed by atoms with Gasteiger partial charge in [0.2, 0.25) is 0 Å². The van der Waals surface area contributed by atoms with Crippen molar-refractivity contribution in [1.82, 2.24) is 4.90 Å². The molecule has 0 radical (unpaired) electrons. The van der Waals surface area contributed by atoms with Crippen molar-refractivity contribution in [3.8, 4) is 5.75 Å². The van der Waals surface area contributed by atoms with Crippen LogP contribution in [-0.2, 0) is 0 Å². The smallest absolute Gasteiger partial charge is 0.161 e. The summed E-state index contributed by atoms with van der Waals surface area (Å²) < 4.78 is 5.49. The topological polar surface area (TPSA) is 44.8 Å². The zero-order valence-corrected chi connectivity index (χ0v) is 17.5. The number of anilines is 2. The Kier molecular flexibility index (Phi) is 8.61. The van der Waals surface area contributed by atoms with E-state index in [9.17, 15) is 4.79 Å². The summed E-state index contributed by atoms with van der Waals surface area (Å²) in [6.45, 7) is 7.69. The van der Waals surface area contributed by atoms with Crippen LogP contribution in [-0.4, -0.2) is 57.1 Å². The number of nitrogens with one attached hydrogen (secondary N) is 1. The first kappa shape index (κ1) is 22.1. The van der Waals surface area contributed by atoms with Crippen LogP contribution in [0.1, 0.15) is 23.7 Å². The Balaban J connectivity index is 0.00000280. The van der Waals surface area contributed by atoms with Gasteiger partial charge in [0.25, 0.3) is 0 Å². The number of carbonyl (C=O) groups excluding carboxylic acids is 1. The Bertz CT molecular complexity index is 761. The molecule has 1 aliphatic rings. The van der Waals surface area contributed by atoms with Crippen molar-refractivity contribution in [3.05, 3.63) is 54.1 Å². The van der Waals surface area contributed by atoms with E-state index < -0.39 is 0 Å². The largest absolute Gasteiger partial charge is 0.495 e. The maximum atomic E-state index is 11.7. The van der Waals surface area contributed by atoms with E-state index in [0.717, 1.165) is 62.7 Å². The van der Waals surface area contributed by atoms with Crippen LogP contribution in [0.2, 0.25) is 0 Å². The number of halogens is 1. The molecule has 1 aliphatic heterocycles. The highest BCUT2D eigenvalue weighted by Gasteiger charge is 2.19. The summed E-state index contributed by atoms with van der Waals surface area (Å²) >= 11 is 0. The number of ether oxygens (including phenoxy) is 1. The van der Waals surface area contributed by atoms with Gasteiger partial charge in [0.1, 0.15) is 5.75 Å². The molecule has 1 N–H and O–H groups in total. The Morgan fingerprint density at radius 3 is 2.43 bits per heavy atom. The third-order valence-corrected chi connectivity index (χ3v) is 5.07. The molecule has 6 heteroatoms. The minimum Gasteiger partial charge on any atom is -0.495 e. The number of nitrogens with zero attached hydrogens (tertiary/aromatic N) is 2. The normalized spacial score (nSPS) is 14.3. The fourth-order valence-corrected chi connectivity index (χ4v) is 3.57. The average Bonchev–Trinajstić information content (AvgIpc) is 2.72. The van der Waals surface area contributed by atoms with E-state index in [1.54, 1.807) is 14.0 Å². The predicted molar refractivity (Wildman–Crippen MR) is 118 cm³/mol. The molecule has 28 heavy (non-hydrogen) atoms. The molecule has 0 amide bonds. The molecule has 0 spiro atoms. The minimum atomic E-state index is 0. The number of carbonyl (C=O) groups is 1. The van der Waals surface area contributed by atoms with Gasteiger partial charge in [0, 0.05) is 44.0 Å². The predicted octanol–water partition coefficient (Wildman–Crippen LogP) is 3.94. The van der Waals surface area contributed by atoms with E-state index in [2.05, 4.69) is 27.2 Å². The van der Waals surface area contributed by atoms with Crippen LogP contribution in [0.25, 0.3) is 0 Å². The molecule has 1 fully saturated rings. The van der Waals surface area contributed by atoms with Gasteiger partial charge in [-0.15, -0.1) is 12.4 Å². The van der Waals surface area contributed by atoms with Gasteiger partial charge in [0.05, 0.1) is 12.8 Å². The van der Waals surface area contributed by atoms with Crippen molar-refractivity contribution in [2.45, 2.75) is 13.3 Å². The first-order valence-corrected chi connectivity index (χ1v) is 9.63. The summed E-state index contributed by atoms with van der Waals surface area (Å²) in [7, 11) is 1.73. The number of hydrogen-bond donors (Lipinski definition) is 1. The number of rotatable bonds is 8. The summed E-state index contributed by atoms with van der Waals surface area (Å²) in [4.78, 5) is 16.6. The SMILES string of the molecule is COc1ccccc1N1CCN(CCCNc2ccccc2C(C)=O)CC1.Cl. The fraction of sp³-hybridized carbons (Fsp3) is 0.409. The van der Waals surface area contributed by atoms with E-state index >= 15 is 0 Å². The lowest BCUT2D eigenvalue weighted by atomic mass is 10.1. The van der Waals surface area contributed by atoms with Crippen molar-refractivity contribution < 1.29 is 9.53 Å². The molecule has 0 atom stereocenters. The number of methoxy groups -OCH3 is 1. The maximum Gasteiger partial charge on any atom is 0.161 e. The molecule has 0 saturated carbocycles. The van der Waals surface area contributed by atoms with E-state index in [0.29, 0.717) is 0 Å². The third-order valence-electron chi connectivity index (χ3n) is 5.07. The van der Waals surface area contributed by atoms with Gasteiger partial charge >= 0.3 is 0 Å². The van der Waals surface area contributed by atoms with Crippen molar-refractivity contribution in [2.75, 3.05) is 56.6 Å². The molecule has 152 valence electrons. The van der Waals surface area contributed by atoms with Crippen LogP contribution in [0.4, 0.5) is 11.4 Å². The Morgan fingerprint density at radius 1 is 1.04 bits per heavy atom. The monoisotopic (exact) mass is 403 g/mol. The van der Waals surface area contributed by atoms with Gasteiger partial charge in [0.15, 0.2) is 5.78 Å². The number of Topliss-reactive ketones (excluding diaryl/α,β-unsaturated/α-hetero) is 1. The van der Waals surface area contributed by atoms with Crippen LogP contribution < -0.4 is 15.0 Å². The lowest BCUT2D eigenvalue weighted by molar-refractivity contribution is 0.101. The van der Waals surface area contributed by atoms with E-state index in [1.807, 2.05) is 36.4 Å². The molecule has 0 aromatic heterocycles. The second-order valence-electron chi connectivity index (χ2n) is 6.88. The fourth-order valence-electron chi connectivity index (χ4n) is 3.57. The molecule has 3 rings (SSSR count). The first-order valence-electron chi connectivity index (χ1n) is 9.63. The number of ketones is 1. The molecule has 0 unspecified atom stereocenters. The summed E-state index contributed by atoms with van der Waals surface area (Å²) in [5.41, 5.74) is 2.89. The zero-order chi connectivity index (χ0) is 19.1. The first-order chi connectivity index (χ1) is 13.2. The quantitative estimate of drug-likeness (QED) is 0.534. The Morgan fingerprint density at radius 2 is 1.71 bits per heavy atom. The van der Waals surface area contributed by atoms with Crippen LogP contribution in [0.15, 0.2) is 48.5 Å². The van der Waals surface area contributed by atoms with Gasteiger partial charge in [-0.2, -0.15) is 0 Å². The second kappa shape index (κ2) is 10.9. The Labute approximate surface area is 174 Å². The Hall–Kier alpha value is -2.24. The van der Waals surface area contributed by atoms with E-state index in [4.69, 9.17) is 4.74 Å². The van der Waals surface area contributed by atoms with Crippen LogP contribution in [0.5, 0.6) is 5.75 Å². The van der Waals surface area contributed by atoms with Crippen LogP contribution in [0.3, 0.4) is 0 Å².